The van der Waals surface area contributed by atoms with Gasteiger partial charge in [-0.3, -0.25) is 5.10 Å². The average molecular weight is 376 g/mol. The van der Waals surface area contributed by atoms with E-state index in [4.69, 9.17) is 9.98 Å². The summed E-state index contributed by atoms with van der Waals surface area (Å²) in [5, 5.41) is 13.6. The second-order valence-electron chi connectivity index (χ2n) is 7.68. The van der Waals surface area contributed by atoms with E-state index in [0.717, 1.165) is 55.0 Å². The number of hydrogen-bond donors (Lipinski definition) is 2. The molecule has 1 aliphatic heterocycles. The number of aliphatic imine (C=N–C) groups is 1. The first-order valence-electron chi connectivity index (χ1n) is 9.30. The summed E-state index contributed by atoms with van der Waals surface area (Å²) >= 11 is 1.70. The third kappa shape index (κ3) is 4.60. The Morgan fingerprint density at radius 1 is 1.38 bits per heavy atom. The lowest BCUT2D eigenvalue weighted by atomic mass is 9.93. The van der Waals surface area contributed by atoms with Crippen molar-refractivity contribution >= 4 is 17.3 Å². The van der Waals surface area contributed by atoms with Gasteiger partial charge in [0, 0.05) is 36.3 Å². The Morgan fingerprint density at radius 2 is 2.15 bits per heavy atom. The molecular weight excluding hydrogens is 346 g/mol. The van der Waals surface area contributed by atoms with E-state index in [0.29, 0.717) is 12.5 Å². The zero-order chi connectivity index (χ0) is 18.6. The van der Waals surface area contributed by atoms with E-state index in [-0.39, 0.29) is 5.41 Å². The Labute approximate surface area is 159 Å². The van der Waals surface area contributed by atoms with Crippen molar-refractivity contribution in [2.24, 2.45) is 4.99 Å². The van der Waals surface area contributed by atoms with E-state index < -0.39 is 0 Å². The summed E-state index contributed by atoms with van der Waals surface area (Å²) in [4.78, 5) is 16.2. The highest BCUT2D eigenvalue weighted by atomic mass is 32.1. The van der Waals surface area contributed by atoms with Crippen LogP contribution in [-0.4, -0.2) is 50.7 Å². The maximum absolute atomic E-state index is 4.83. The van der Waals surface area contributed by atoms with Gasteiger partial charge in [0.1, 0.15) is 17.2 Å². The van der Waals surface area contributed by atoms with Crippen molar-refractivity contribution in [3.05, 3.63) is 28.2 Å². The first-order chi connectivity index (χ1) is 12.5. The number of thiazole rings is 1. The Bertz CT molecular complexity index is 706. The van der Waals surface area contributed by atoms with E-state index in [1.807, 2.05) is 0 Å². The van der Waals surface area contributed by atoms with E-state index in [2.05, 4.69) is 58.5 Å². The summed E-state index contributed by atoms with van der Waals surface area (Å²) in [6.07, 6.45) is 3.71. The fourth-order valence-corrected chi connectivity index (χ4v) is 4.02. The van der Waals surface area contributed by atoms with Gasteiger partial charge < -0.3 is 10.2 Å². The van der Waals surface area contributed by atoms with Gasteiger partial charge >= 0.3 is 0 Å². The molecule has 0 aromatic carbocycles. The van der Waals surface area contributed by atoms with Crippen molar-refractivity contribution in [2.45, 2.75) is 58.4 Å². The molecule has 2 aromatic rings. The normalized spacial score (nSPS) is 16.9. The number of H-pyrrole nitrogens is 1. The summed E-state index contributed by atoms with van der Waals surface area (Å²) < 4.78 is 0. The molecular formula is C18H29N7S. The highest BCUT2D eigenvalue weighted by Crippen LogP contribution is 2.26. The first kappa shape index (κ1) is 18.8. The van der Waals surface area contributed by atoms with Crippen LogP contribution >= 0.6 is 11.3 Å². The van der Waals surface area contributed by atoms with Gasteiger partial charge in [0.05, 0.1) is 12.2 Å². The maximum Gasteiger partial charge on any atom is 0.194 e. The number of rotatable bonds is 4. The molecule has 0 amide bonds. The highest BCUT2D eigenvalue weighted by molar-refractivity contribution is 7.09. The highest BCUT2D eigenvalue weighted by Gasteiger charge is 2.24. The molecule has 0 atom stereocenters. The molecule has 2 N–H and O–H groups in total. The van der Waals surface area contributed by atoms with Gasteiger partial charge in [-0.2, -0.15) is 5.10 Å². The molecule has 3 heterocycles. The minimum Gasteiger partial charge on any atom is -0.357 e. The van der Waals surface area contributed by atoms with Crippen molar-refractivity contribution in [1.82, 2.24) is 30.4 Å². The first-order valence-corrected chi connectivity index (χ1v) is 10.2. The maximum atomic E-state index is 4.83. The average Bonchev–Trinajstić information content (AvgIpc) is 3.30. The lowest BCUT2D eigenvalue weighted by Crippen LogP contribution is -2.45. The van der Waals surface area contributed by atoms with Crippen LogP contribution in [0.4, 0.5) is 0 Å². The Morgan fingerprint density at radius 3 is 2.73 bits per heavy atom. The van der Waals surface area contributed by atoms with Crippen LogP contribution in [0.2, 0.25) is 0 Å². The number of hydrogen-bond acceptors (Lipinski definition) is 5. The molecule has 0 spiro atoms. The quantitative estimate of drug-likeness (QED) is 0.634. The molecule has 0 bridgehead atoms. The Hall–Kier alpha value is -1.96. The monoisotopic (exact) mass is 375 g/mol. The summed E-state index contributed by atoms with van der Waals surface area (Å²) in [6, 6.07) is 0. The minimum atomic E-state index is 0.0888. The van der Waals surface area contributed by atoms with E-state index in [1.165, 1.54) is 0 Å². The number of guanidine groups is 1. The van der Waals surface area contributed by atoms with Gasteiger partial charge in [-0.05, 0) is 19.8 Å². The lowest BCUT2D eigenvalue weighted by molar-refractivity contribution is 0.299. The van der Waals surface area contributed by atoms with Gasteiger partial charge in [-0.1, -0.05) is 20.8 Å². The van der Waals surface area contributed by atoms with E-state index in [9.17, 15) is 0 Å². The van der Waals surface area contributed by atoms with Crippen LogP contribution in [0.5, 0.6) is 0 Å². The van der Waals surface area contributed by atoms with Crippen molar-refractivity contribution in [2.75, 3.05) is 19.6 Å². The number of likely N-dealkylation sites (tertiary alicyclic amines) is 1. The topological polar surface area (TPSA) is 82.1 Å². The van der Waals surface area contributed by atoms with E-state index in [1.54, 1.807) is 17.7 Å². The number of aromatic nitrogens is 4. The zero-order valence-corrected chi connectivity index (χ0v) is 16.9. The minimum absolute atomic E-state index is 0.0888. The molecule has 142 valence electrons. The second kappa shape index (κ2) is 8.16. The van der Waals surface area contributed by atoms with Crippen molar-refractivity contribution in [1.29, 1.82) is 0 Å². The molecule has 2 aromatic heterocycles. The molecule has 1 fully saturated rings. The summed E-state index contributed by atoms with van der Waals surface area (Å²) in [7, 11) is 0. The SMILES string of the molecule is CCNC(=NCc1nc(C(C)(C)C)cs1)N1CCC(c2ncn[nH]2)CC1. The Kier molecular flexibility index (Phi) is 5.90. The third-order valence-electron chi connectivity index (χ3n) is 4.63. The fourth-order valence-electron chi connectivity index (χ4n) is 3.07. The van der Waals surface area contributed by atoms with Gasteiger partial charge in [0.25, 0.3) is 0 Å². The van der Waals surface area contributed by atoms with Crippen LogP contribution in [0, 0.1) is 0 Å². The zero-order valence-electron chi connectivity index (χ0n) is 16.1. The summed E-state index contributed by atoms with van der Waals surface area (Å²) in [5.41, 5.74) is 1.23. The van der Waals surface area contributed by atoms with Crippen LogP contribution in [-0.2, 0) is 12.0 Å². The van der Waals surface area contributed by atoms with Gasteiger partial charge in [-0.25, -0.2) is 15.0 Å². The lowest BCUT2D eigenvalue weighted by Gasteiger charge is -2.33. The number of nitrogens with one attached hydrogen (secondary N) is 2. The molecule has 0 aliphatic carbocycles. The van der Waals surface area contributed by atoms with Gasteiger partial charge in [-0.15, -0.1) is 11.3 Å². The Balaban J connectivity index is 1.62. The predicted molar refractivity (Wildman–Crippen MR) is 106 cm³/mol. The molecule has 8 heteroatoms. The largest absolute Gasteiger partial charge is 0.357 e. The van der Waals surface area contributed by atoms with Crippen molar-refractivity contribution in [3.63, 3.8) is 0 Å². The van der Waals surface area contributed by atoms with Crippen molar-refractivity contribution in [3.8, 4) is 0 Å². The molecule has 0 saturated carbocycles. The molecule has 3 rings (SSSR count). The standard InChI is InChI=1S/C18H29N7S/c1-5-19-17(20-10-15-23-14(11-26-15)18(2,3)4)25-8-6-13(7-9-25)16-21-12-22-24-16/h11-13H,5-10H2,1-4H3,(H,19,20)(H,21,22,24). The second-order valence-corrected chi connectivity index (χ2v) is 8.62. The van der Waals surface area contributed by atoms with Crippen LogP contribution in [0.3, 0.4) is 0 Å². The van der Waals surface area contributed by atoms with E-state index >= 15 is 0 Å². The third-order valence-corrected chi connectivity index (χ3v) is 5.47. The summed E-state index contributed by atoms with van der Waals surface area (Å²) in [5.74, 6) is 2.45. The molecule has 0 radical (unpaired) electrons. The summed E-state index contributed by atoms with van der Waals surface area (Å²) in [6.45, 7) is 12.1. The van der Waals surface area contributed by atoms with Crippen molar-refractivity contribution < 1.29 is 0 Å². The molecule has 1 aliphatic rings. The van der Waals surface area contributed by atoms with Crippen LogP contribution in [0.15, 0.2) is 16.7 Å². The fraction of sp³-hybridized carbons (Fsp3) is 0.667. The van der Waals surface area contributed by atoms with Gasteiger partial charge in [0.2, 0.25) is 0 Å². The number of nitrogens with zero attached hydrogens (tertiary/aromatic N) is 5. The smallest absolute Gasteiger partial charge is 0.194 e. The predicted octanol–water partition coefficient (Wildman–Crippen LogP) is 2.90. The number of aromatic amines is 1. The molecule has 1 saturated heterocycles. The van der Waals surface area contributed by atoms with Gasteiger partial charge in [0.15, 0.2) is 5.96 Å². The molecule has 26 heavy (non-hydrogen) atoms. The van der Waals surface area contributed by atoms with Crippen LogP contribution < -0.4 is 5.32 Å². The number of piperidine rings is 1. The van der Waals surface area contributed by atoms with Crippen LogP contribution in [0.1, 0.15) is 63.0 Å². The van der Waals surface area contributed by atoms with Crippen LogP contribution in [0.25, 0.3) is 0 Å². The molecule has 7 nitrogen and oxygen atoms in total. The molecule has 0 unspecified atom stereocenters.